The molecule has 0 N–H and O–H groups in total. The Kier molecular flexibility index (Phi) is 7.86. The van der Waals surface area contributed by atoms with Crippen molar-refractivity contribution in [3.05, 3.63) is 42.5 Å². The molecule has 0 saturated heterocycles. The Hall–Kier alpha value is -1.08. The van der Waals surface area contributed by atoms with E-state index >= 15 is 0 Å². The van der Waals surface area contributed by atoms with E-state index in [1.54, 1.807) is 0 Å². The standard InChI is InChI=1S/C8H8.C5H13N/c1-2-8-6-4-3-5-7-8;1-4-6(3)5-2/h2-7H,1H2;4-5H2,1-3H3. The molecule has 14 heavy (non-hydrogen) atoms. The average Bonchev–Trinajstić information content (AvgIpc) is 2.30. The maximum atomic E-state index is 3.63. The molecule has 0 aliphatic heterocycles. The molecule has 0 saturated carbocycles. The molecule has 78 valence electrons. The van der Waals surface area contributed by atoms with E-state index in [2.05, 4.69) is 32.4 Å². The lowest BCUT2D eigenvalue weighted by molar-refractivity contribution is 0.373. The Morgan fingerprint density at radius 3 is 1.86 bits per heavy atom. The second kappa shape index (κ2) is 8.52. The number of nitrogens with zero attached hydrogens (tertiary/aromatic N) is 1. The topological polar surface area (TPSA) is 3.24 Å². The zero-order valence-electron chi connectivity index (χ0n) is 9.53. The van der Waals surface area contributed by atoms with Crippen molar-refractivity contribution >= 4 is 6.08 Å². The minimum absolute atomic E-state index is 1.16. The highest BCUT2D eigenvalue weighted by Crippen LogP contribution is 1.97. The monoisotopic (exact) mass is 191 g/mol. The van der Waals surface area contributed by atoms with Crippen molar-refractivity contribution in [2.75, 3.05) is 20.1 Å². The fourth-order valence-electron chi connectivity index (χ4n) is 0.813. The van der Waals surface area contributed by atoms with E-state index < -0.39 is 0 Å². The maximum Gasteiger partial charge on any atom is -0.00504 e. The van der Waals surface area contributed by atoms with E-state index in [0.29, 0.717) is 0 Å². The molecular weight excluding hydrogens is 170 g/mol. The molecule has 1 heteroatoms. The molecule has 0 amide bonds. The summed E-state index contributed by atoms with van der Waals surface area (Å²) in [6.45, 7) is 10.3. The molecule has 0 radical (unpaired) electrons. The van der Waals surface area contributed by atoms with Crippen LogP contribution in [0.4, 0.5) is 0 Å². The Labute approximate surface area is 88.1 Å². The Bertz CT molecular complexity index is 224. The summed E-state index contributed by atoms with van der Waals surface area (Å²) in [5.74, 6) is 0. The molecular formula is C13H21N. The van der Waals surface area contributed by atoms with E-state index in [4.69, 9.17) is 0 Å². The summed E-state index contributed by atoms with van der Waals surface area (Å²) in [6.07, 6.45) is 1.83. The van der Waals surface area contributed by atoms with Crippen molar-refractivity contribution in [2.24, 2.45) is 0 Å². The molecule has 0 unspecified atom stereocenters. The summed E-state index contributed by atoms with van der Waals surface area (Å²) in [5.41, 5.74) is 1.17. The van der Waals surface area contributed by atoms with E-state index in [-0.39, 0.29) is 0 Å². The molecule has 0 aliphatic carbocycles. The van der Waals surface area contributed by atoms with Gasteiger partial charge < -0.3 is 4.90 Å². The summed E-state index contributed by atoms with van der Waals surface area (Å²) in [4.78, 5) is 2.25. The highest BCUT2D eigenvalue weighted by atomic mass is 15.1. The third-order valence-corrected chi connectivity index (χ3v) is 2.11. The van der Waals surface area contributed by atoms with Gasteiger partial charge in [0.05, 0.1) is 0 Å². The van der Waals surface area contributed by atoms with Gasteiger partial charge in [-0.2, -0.15) is 0 Å². The number of benzene rings is 1. The van der Waals surface area contributed by atoms with Gasteiger partial charge in [0.1, 0.15) is 0 Å². The number of rotatable bonds is 3. The van der Waals surface area contributed by atoms with Gasteiger partial charge in [-0.3, -0.25) is 0 Å². The van der Waals surface area contributed by atoms with Crippen LogP contribution in [0.25, 0.3) is 6.08 Å². The lowest BCUT2D eigenvalue weighted by atomic mass is 10.2. The molecule has 1 rings (SSSR count). The predicted molar refractivity (Wildman–Crippen MR) is 65.4 cm³/mol. The molecule has 0 fully saturated rings. The maximum absolute atomic E-state index is 3.63. The second-order valence-electron chi connectivity index (χ2n) is 3.10. The quantitative estimate of drug-likeness (QED) is 0.708. The van der Waals surface area contributed by atoms with E-state index in [1.165, 1.54) is 5.56 Å². The highest BCUT2D eigenvalue weighted by molar-refractivity contribution is 5.45. The summed E-state index contributed by atoms with van der Waals surface area (Å²) in [7, 11) is 2.11. The Morgan fingerprint density at radius 2 is 1.64 bits per heavy atom. The normalized spacial score (nSPS) is 9.14. The SMILES string of the molecule is C=Cc1ccccc1.CCN(C)CC. The van der Waals surface area contributed by atoms with Gasteiger partial charge in [0.2, 0.25) is 0 Å². The van der Waals surface area contributed by atoms with Crippen molar-refractivity contribution in [1.29, 1.82) is 0 Å². The number of hydrogen-bond acceptors (Lipinski definition) is 1. The molecule has 1 nitrogen and oxygen atoms in total. The van der Waals surface area contributed by atoms with Gasteiger partial charge in [0, 0.05) is 0 Å². The van der Waals surface area contributed by atoms with Crippen LogP contribution in [0.2, 0.25) is 0 Å². The van der Waals surface area contributed by atoms with Crippen molar-refractivity contribution < 1.29 is 0 Å². The van der Waals surface area contributed by atoms with Gasteiger partial charge in [-0.15, -0.1) is 0 Å². The van der Waals surface area contributed by atoms with Gasteiger partial charge in [0.25, 0.3) is 0 Å². The third kappa shape index (κ3) is 6.44. The van der Waals surface area contributed by atoms with Gasteiger partial charge >= 0.3 is 0 Å². The van der Waals surface area contributed by atoms with E-state index in [9.17, 15) is 0 Å². The van der Waals surface area contributed by atoms with Crippen LogP contribution in [0.1, 0.15) is 19.4 Å². The van der Waals surface area contributed by atoms with Gasteiger partial charge in [-0.05, 0) is 25.7 Å². The van der Waals surface area contributed by atoms with Gasteiger partial charge in [-0.1, -0.05) is 56.8 Å². The highest BCUT2D eigenvalue weighted by Gasteiger charge is 1.81. The minimum Gasteiger partial charge on any atom is -0.307 e. The molecule has 0 atom stereocenters. The lowest BCUT2D eigenvalue weighted by Crippen LogP contribution is -2.15. The number of hydrogen-bond donors (Lipinski definition) is 0. The molecule has 1 aromatic rings. The molecule has 1 aromatic carbocycles. The van der Waals surface area contributed by atoms with Gasteiger partial charge in [-0.25, -0.2) is 0 Å². The van der Waals surface area contributed by atoms with Crippen LogP contribution in [0, 0.1) is 0 Å². The zero-order chi connectivity index (χ0) is 10.8. The van der Waals surface area contributed by atoms with Crippen LogP contribution < -0.4 is 0 Å². The van der Waals surface area contributed by atoms with Crippen LogP contribution in [0.3, 0.4) is 0 Å². The van der Waals surface area contributed by atoms with Gasteiger partial charge in [0.15, 0.2) is 0 Å². The smallest absolute Gasteiger partial charge is 0.00504 e. The van der Waals surface area contributed by atoms with Crippen molar-refractivity contribution in [3.63, 3.8) is 0 Å². The van der Waals surface area contributed by atoms with Crippen LogP contribution in [0.5, 0.6) is 0 Å². The molecule has 0 bridgehead atoms. The zero-order valence-corrected chi connectivity index (χ0v) is 9.53. The predicted octanol–water partition coefficient (Wildman–Crippen LogP) is 3.29. The minimum atomic E-state index is 1.16. The molecule has 0 aliphatic rings. The van der Waals surface area contributed by atoms with Crippen molar-refractivity contribution in [1.82, 2.24) is 4.90 Å². The summed E-state index contributed by atoms with van der Waals surface area (Å²) in [6, 6.07) is 10.0. The lowest BCUT2D eigenvalue weighted by Gasteiger charge is -2.07. The molecule has 0 aromatic heterocycles. The van der Waals surface area contributed by atoms with Crippen molar-refractivity contribution in [2.45, 2.75) is 13.8 Å². The van der Waals surface area contributed by atoms with E-state index in [1.807, 2.05) is 36.4 Å². The Balaban J connectivity index is 0.000000255. The van der Waals surface area contributed by atoms with Crippen LogP contribution in [0.15, 0.2) is 36.9 Å². The first-order valence-corrected chi connectivity index (χ1v) is 5.10. The van der Waals surface area contributed by atoms with E-state index in [0.717, 1.165) is 13.1 Å². The first-order valence-electron chi connectivity index (χ1n) is 5.10. The van der Waals surface area contributed by atoms with Crippen molar-refractivity contribution in [3.8, 4) is 0 Å². The first kappa shape index (κ1) is 12.9. The fourth-order valence-corrected chi connectivity index (χ4v) is 0.813. The summed E-state index contributed by atoms with van der Waals surface area (Å²) >= 11 is 0. The van der Waals surface area contributed by atoms with Crippen LogP contribution in [-0.4, -0.2) is 25.0 Å². The molecule has 0 heterocycles. The fraction of sp³-hybridized carbons (Fsp3) is 0.385. The molecule has 0 spiro atoms. The summed E-state index contributed by atoms with van der Waals surface area (Å²) in [5, 5.41) is 0. The van der Waals surface area contributed by atoms with Crippen LogP contribution in [-0.2, 0) is 0 Å². The Morgan fingerprint density at radius 1 is 1.14 bits per heavy atom. The average molecular weight is 191 g/mol. The third-order valence-electron chi connectivity index (χ3n) is 2.11. The first-order chi connectivity index (χ1) is 6.74. The summed E-state index contributed by atoms with van der Waals surface area (Å²) < 4.78 is 0. The largest absolute Gasteiger partial charge is 0.307 e. The second-order valence-corrected chi connectivity index (χ2v) is 3.10. The van der Waals surface area contributed by atoms with Crippen LogP contribution >= 0.6 is 0 Å².